The van der Waals surface area contributed by atoms with Crippen LogP contribution in [-0.2, 0) is 4.79 Å². The Balaban J connectivity index is 0.000000595. The maximum atomic E-state index is 13.8. The normalized spacial score (nSPS) is 16.3. The van der Waals surface area contributed by atoms with Gasteiger partial charge in [0.25, 0.3) is 5.91 Å². The van der Waals surface area contributed by atoms with Gasteiger partial charge in [0.15, 0.2) is 0 Å². The van der Waals surface area contributed by atoms with Crippen molar-refractivity contribution >= 4 is 17.6 Å². The molecule has 0 atom stereocenters. The van der Waals surface area contributed by atoms with Gasteiger partial charge in [-0.25, -0.2) is 18.7 Å². The predicted molar refractivity (Wildman–Crippen MR) is 83.0 cm³/mol. The number of anilines is 1. The van der Waals surface area contributed by atoms with Crippen molar-refractivity contribution in [1.29, 1.82) is 0 Å². The SMILES string of the molecule is Cc1ccc(N2C(=O)C=C(F)N3CC=CN=C32)cc1C.FCF. The summed E-state index contributed by atoms with van der Waals surface area (Å²) >= 11 is 0. The number of guanidine groups is 1. The number of carbonyl (C=O) groups is 1. The van der Waals surface area contributed by atoms with Gasteiger partial charge in [0, 0.05) is 12.7 Å². The second-order valence-corrected chi connectivity index (χ2v) is 4.93. The molecule has 3 rings (SSSR count). The number of fused-ring (bicyclic) bond motifs is 1. The fourth-order valence-electron chi connectivity index (χ4n) is 2.23. The number of hydrogen-bond donors (Lipinski definition) is 0. The first-order valence-electron chi connectivity index (χ1n) is 6.90. The lowest BCUT2D eigenvalue weighted by Gasteiger charge is -2.35. The summed E-state index contributed by atoms with van der Waals surface area (Å²) in [6.45, 7) is 2.60. The lowest BCUT2D eigenvalue weighted by molar-refractivity contribution is -0.113. The number of hydrogen-bond acceptors (Lipinski definition) is 3. The van der Waals surface area contributed by atoms with Gasteiger partial charge in [-0.15, -0.1) is 0 Å². The molecule has 0 saturated heterocycles. The molecule has 2 aliphatic rings. The Morgan fingerprint density at radius 1 is 1.22 bits per heavy atom. The quantitative estimate of drug-likeness (QED) is 0.741. The van der Waals surface area contributed by atoms with Crippen LogP contribution in [0.4, 0.5) is 18.9 Å². The second-order valence-electron chi connectivity index (χ2n) is 4.93. The van der Waals surface area contributed by atoms with Crippen molar-refractivity contribution in [2.75, 3.05) is 18.4 Å². The van der Waals surface area contributed by atoms with E-state index >= 15 is 0 Å². The summed E-state index contributed by atoms with van der Waals surface area (Å²) in [6.07, 6.45) is 4.32. The summed E-state index contributed by atoms with van der Waals surface area (Å²) < 4.78 is 33.1. The van der Waals surface area contributed by atoms with Gasteiger partial charge in [0.1, 0.15) is 0 Å². The molecule has 4 nitrogen and oxygen atoms in total. The van der Waals surface area contributed by atoms with E-state index in [0.717, 1.165) is 17.2 Å². The molecular formula is C16H16F3N3O. The van der Waals surface area contributed by atoms with Crippen molar-refractivity contribution < 1.29 is 18.0 Å². The lowest BCUT2D eigenvalue weighted by Crippen LogP contribution is -2.50. The Morgan fingerprint density at radius 2 is 1.91 bits per heavy atom. The predicted octanol–water partition coefficient (Wildman–Crippen LogP) is 3.53. The minimum atomic E-state index is -1.75. The fourth-order valence-corrected chi connectivity index (χ4v) is 2.23. The van der Waals surface area contributed by atoms with Crippen LogP contribution in [0.1, 0.15) is 11.1 Å². The molecule has 23 heavy (non-hydrogen) atoms. The van der Waals surface area contributed by atoms with Gasteiger partial charge < -0.3 is 0 Å². The Kier molecular flexibility index (Phi) is 5.20. The average molecular weight is 323 g/mol. The molecule has 122 valence electrons. The van der Waals surface area contributed by atoms with E-state index in [1.165, 1.54) is 9.80 Å². The van der Waals surface area contributed by atoms with E-state index in [-0.39, 0.29) is 0 Å². The van der Waals surface area contributed by atoms with Crippen molar-refractivity contribution in [3.63, 3.8) is 0 Å². The third kappa shape index (κ3) is 3.44. The molecule has 1 aromatic carbocycles. The van der Waals surface area contributed by atoms with Crippen LogP contribution in [-0.4, -0.2) is 30.2 Å². The third-order valence-electron chi connectivity index (χ3n) is 3.49. The van der Waals surface area contributed by atoms with Crippen LogP contribution in [0.3, 0.4) is 0 Å². The summed E-state index contributed by atoms with van der Waals surface area (Å²) in [5, 5.41) is 0. The molecule has 7 heteroatoms. The van der Waals surface area contributed by atoms with Crippen LogP contribution in [0.5, 0.6) is 0 Å². The van der Waals surface area contributed by atoms with Gasteiger partial charge in [0.05, 0.1) is 11.8 Å². The van der Waals surface area contributed by atoms with E-state index < -0.39 is 18.8 Å². The minimum Gasteiger partial charge on any atom is -0.284 e. The Bertz CT molecular complexity index is 698. The van der Waals surface area contributed by atoms with E-state index in [0.29, 0.717) is 18.2 Å². The molecule has 0 saturated carbocycles. The summed E-state index contributed by atoms with van der Waals surface area (Å²) in [4.78, 5) is 19.1. The van der Waals surface area contributed by atoms with Gasteiger partial charge >= 0.3 is 0 Å². The summed E-state index contributed by atoms with van der Waals surface area (Å²) in [5.74, 6) is -0.685. The van der Waals surface area contributed by atoms with Crippen LogP contribution in [0.2, 0.25) is 0 Å². The molecule has 0 radical (unpaired) electrons. The number of rotatable bonds is 1. The molecule has 0 fully saturated rings. The number of aryl methyl sites for hydroxylation is 2. The molecular weight excluding hydrogens is 307 g/mol. The number of halogens is 3. The van der Waals surface area contributed by atoms with Crippen LogP contribution < -0.4 is 4.90 Å². The van der Waals surface area contributed by atoms with Crippen molar-refractivity contribution in [3.05, 3.63) is 53.6 Å². The van der Waals surface area contributed by atoms with Crippen molar-refractivity contribution in [3.8, 4) is 0 Å². The first-order valence-corrected chi connectivity index (χ1v) is 6.90. The molecule has 0 bridgehead atoms. The topological polar surface area (TPSA) is 35.9 Å². The highest BCUT2D eigenvalue weighted by atomic mass is 19.3. The number of nitrogens with zero attached hydrogens (tertiary/aromatic N) is 3. The molecule has 2 aliphatic heterocycles. The molecule has 1 aromatic rings. The van der Waals surface area contributed by atoms with Crippen LogP contribution in [0, 0.1) is 13.8 Å². The number of amides is 1. The van der Waals surface area contributed by atoms with Crippen molar-refractivity contribution in [2.45, 2.75) is 13.8 Å². The smallest absolute Gasteiger partial charge is 0.262 e. The fraction of sp³-hybridized carbons (Fsp3) is 0.250. The van der Waals surface area contributed by atoms with Crippen molar-refractivity contribution in [2.24, 2.45) is 4.99 Å². The Labute approximate surface area is 132 Å². The highest BCUT2D eigenvalue weighted by molar-refractivity contribution is 6.22. The molecule has 0 aliphatic carbocycles. The van der Waals surface area contributed by atoms with E-state index in [2.05, 4.69) is 4.99 Å². The first kappa shape index (κ1) is 16.8. The number of benzene rings is 1. The highest BCUT2D eigenvalue weighted by Crippen LogP contribution is 2.26. The van der Waals surface area contributed by atoms with E-state index in [1.54, 1.807) is 12.3 Å². The molecule has 0 aromatic heterocycles. The van der Waals surface area contributed by atoms with E-state index in [4.69, 9.17) is 0 Å². The maximum absolute atomic E-state index is 13.8. The Hall–Kier alpha value is -2.57. The molecule has 0 unspecified atom stereocenters. The summed E-state index contributed by atoms with van der Waals surface area (Å²) in [5.41, 5.74) is 2.91. The van der Waals surface area contributed by atoms with Gasteiger partial charge in [-0.3, -0.25) is 9.69 Å². The van der Waals surface area contributed by atoms with Crippen molar-refractivity contribution in [1.82, 2.24) is 4.90 Å². The van der Waals surface area contributed by atoms with Crippen LogP contribution in [0.15, 0.2) is 47.5 Å². The zero-order valence-electron chi connectivity index (χ0n) is 12.8. The molecule has 1 amide bonds. The second kappa shape index (κ2) is 7.13. The van der Waals surface area contributed by atoms with E-state index in [9.17, 15) is 18.0 Å². The van der Waals surface area contributed by atoms with Gasteiger partial charge in [-0.05, 0) is 43.2 Å². The molecule has 0 N–H and O–H groups in total. The monoisotopic (exact) mass is 323 g/mol. The average Bonchev–Trinajstić information content (AvgIpc) is 2.51. The Morgan fingerprint density at radius 3 is 2.57 bits per heavy atom. The van der Waals surface area contributed by atoms with Crippen LogP contribution in [0.25, 0.3) is 0 Å². The summed E-state index contributed by atoms with van der Waals surface area (Å²) in [6, 6.07) is 5.69. The zero-order valence-corrected chi connectivity index (χ0v) is 12.8. The lowest BCUT2D eigenvalue weighted by atomic mass is 10.1. The van der Waals surface area contributed by atoms with Gasteiger partial charge in [0.2, 0.25) is 18.8 Å². The van der Waals surface area contributed by atoms with Gasteiger partial charge in [-0.1, -0.05) is 6.07 Å². The summed E-state index contributed by atoms with van der Waals surface area (Å²) in [7, 11) is 0. The number of alkyl halides is 2. The maximum Gasteiger partial charge on any atom is 0.262 e. The minimum absolute atomic E-state index is 0.306. The van der Waals surface area contributed by atoms with Crippen LogP contribution >= 0.6 is 0 Å². The van der Waals surface area contributed by atoms with E-state index in [1.807, 2.05) is 32.0 Å². The number of aliphatic imine (C=N–C) groups is 1. The highest BCUT2D eigenvalue weighted by Gasteiger charge is 2.33. The standard InChI is InChI=1S/C15H14FN3O.CH2F2/c1-10-4-5-12(8-11(10)2)19-14(20)9-13(16)18-7-3-6-17-15(18)19;2-1-3/h3-6,8-9H,7H2,1-2H3;1H2. The third-order valence-corrected chi connectivity index (χ3v) is 3.49. The zero-order chi connectivity index (χ0) is 17.0. The first-order chi connectivity index (χ1) is 11.0. The molecule has 2 heterocycles. The van der Waals surface area contributed by atoms with Gasteiger partial charge in [-0.2, -0.15) is 4.39 Å². The molecule has 0 spiro atoms. The largest absolute Gasteiger partial charge is 0.284 e. The number of carbonyl (C=O) groups excluding carboxylic acids is 1.